The lowest BCUT2D eigenvalue weighted by Crippen LogP contribution is -2.46. The fraction of sp³-hybridized carbons (Fsp3) is 0.481. The van der Waals surface area contributed by atoms with E-state index < -0.39 is 0 Å². The van der Waals surface area contributed by atoms with E-state index in [-0.39, 0.29) is 17.2 Å². The minimum absolute atomic E-state index is 0.113. The molecule has 180 valence electrons. The van der Waals surface area contributed by atoms with Crippen molar-refractivity contribution in [3.8, 4) is 0 Å². The molecule has 0 bridgehead atoms. The normalized spacial score (nSPS) is 19.9. The molecule has 4 N–H and O–H groups in total. The zero-order valence-electron chi connectivity index (χ0n) is 20.5. The smallest absolute Gasteiger partial charge is 0.252 e. The van der Waals surface area contributed by atoms with Crippen LogP contribution in [-0.2, 0) is 6.42 Å². The predicted molar refractivity (Wildman–Crippen MR) is 137 cm³/mol. The van der Waals surface area contributed by atoms with Gasteiger partial charge in [-0.3, -0.25) is 15.1 Å². The maximum Gasteiger partial charge on any atom is 0.252 e. The molecular formula is C27H36N6O. The highest BCUT2D eigenvalue weighted by molar-refractivity contribution is 5.91. The van der Waals surface area contributed by atoms with Gasteiger partial charge in [-0.1, -0.05) is 38.3 Å². The number of benzene rings is 1. The molecular weight excluding hydrogens is 424 g/mol. The Kier molecular flexibility index (Phi) is 7.41. The number of pyridine rings is 1. The standard InChI is InChI=1S/C27H36N6O/c1-4-5-12-24(33-17(2)8-6-9-18(33)3)21-10-7-11-23-22(21)16-19(27(34)32-23)15-20-13-14-30-26(31-20)25(28)29/h7,10-11,13-14,16-18,24H,4-6,8-9,12,15H2,1-3H3,(H3,28,29)(H,32,34). The van der Waals surface area contributed by atoms with Crippen molar-refractivity contribution in [3.63, 3.8) is 0 Å². The van der Waals surface area contributed by atoms with E-state index in [1.165, 1.54) is 31.2 Å². The Morgan fingerprint density at radius 3 is 2.74 bits per heavy atom. The molecule has 4 rings (SSSR count). The van der Waals surface area contributed by atoms with E-state index >= 15 is 0 Å². The molecule has 0 aliphatic carbocycles. The molecule has 3 heterocycles. The van der Waals surface area contributed by atoms with Crippen LogP contribution in [-0.4, -0.2) is 37.8 Å². The first kappa shape index (κ1) is 24.1. The van der Waals surface area contributed by atoms with Crippen LogP contribution in [0.15, 0.2) is 41.3 Å². The van der Waals surface area contributed by atoms with Crippen LogP contribution < -0.4 is 11.3 Å². The maximum atomic E-state index is 12.9. The number of nitrogen functional groups attached to an aromatic ring is 1. The van der Waals surface area contributed by atoms with Crippen LogP contribution in [0.3, 0.4) is 0 Å². The number of piperidine rings is 1. The number of rotatable bonds is 8. The molecule has 1 aliphatic heterocycles. The van der Waals surface area contributed by atoms with Crippen LogP contribution in [0.25, 0.3) is 10.9 Å². The molecule has 0 radical (unpaired) electrons. The molecule has 1 saturated heterocycles. The third-order valence-electron chi connectivity index (χ3n) is 7.14. The maximum absolute atomic E-state index is 12.9. The van der Waals surface area contributed by atoms with Gasteiger partial charge in [0.2, 0.25) is 0 Å². The van der Waals surface area contributed by atoms with Crippen molar-refractivity contribution in [2.45, 2.75) is 83.8 Å². The lowest BCUT2D eigenvalue weighted by atomic mass is 9.88. The molecule has 2 aromatic heterocycles. The number of nitrogens with one attached hydrogen (secondary N) is 2. The van der Waals surface area contributed by atoms with Gasteiger partial charge in [0, 0.05) is 52.9 Å². The van der Waals surface area contributed by atoms with Crippen LogP contribution in [0.4, 0.5) is 0 Å². The monoisotopic (exact) mass is 460 g/mol. The summed E-state index contributed by atoms with van der Waals surface area (Å²) in [4.78, 5) is 27.1. The van der Waals surface area contributed by atoms with Crippen molar-refractivity contribution >= 4 is 16.7 Å². The molecule has 1 aliphatic rings. The van der Waals surface area contributed by atoms with Crippen molar-refractivity contribution in [3.05, 3.63) is 69.5 Å². The van der Waals surface area contributed by atoms with Gasteiger partial charge in [0.15, 0.2) is 11.7 Å². The number of H-pyrrole nitrogens is 1. The lowest BCUT2D eigenvalue weighted by molar-refractivity contribution is 0.0496. The highest BCUT2D eigenvalue weighted by Gasteiger charge is 2.32. The quantitative estimate of drug-likeness (QED) is 0.334. The Morgan fingerprint density at radius 1 is 1.26 bits per heavy atom. The van der Waals surface area contributed by atoms with E-state index in [9.17, 15) is 4.79 Å². The van der Waals surface area contributed by atoms with Gasteiger partial charge in [-0.05, 0) is 56.9 Å². The van der Waals surface area contributed by atoms with Gasteiger partial charge in [0.1, 0.15) is 0 Å². The summed E-state index contributed by atoms with van der Waals surface area (Å²) in [5.41, 5.74) is 8.92. The van der Waals surface area contributed by atoms with Crippen LogP contribution in [0.2, 0.25) is 0 Å². The summed E-state index contributed by atoms with van der Waals surface area (Å²) in [6.45, 7) is 6.96. The first-order valence-electron chi connectivity index (χ1n) is 12.5. The lowest BCUT2D eigenvalue weighted by Gasteiger charge is -2.45. The van der Waals surface area contributed by atoms with Crippen LogP contribution in [0.1, 0.15) is 88.0 Å². The summed E-state index contributed by atoms with van der Waals surface area (Å²) in [5.74, 6) is 0.00297. The summed E-state index contributed by atoms with van der Waals surface area (Å²) in [5, 5.41) is 8.70. The average molecular weight is 461 g/mol. The van der Waals surface area contributed by atoms with Gasteiger partial charge in [0.25, 0.3) is 5.56 Å². The highest BCUT2D eigenvalue weighted by Crippen LogP contribution is 2.38. The van der Waals surface area contributed by atoms with Gasteiger partial charge >= 0.3 is 0 Å². The van der Waals surface area contributed by atoms with Gasteiger partial charge in [-0.2, -0.15) is 0 Å². The van der Waals surface area contributed by atoms with E-state index in [1.807, 2.05) is 12.1 Å². The SMILES string of the molecule is CCCCC(c1cccc2[nH]c(=O)c(Cc3ccnc(C(=N)N)n3)cc12)N1C(C)CCCC1C. The Hall–Kier alpha value is -3.06. The summed E-state index contributed by atoms with van der Waals surface area (Å²) in [6, 6.07) is 11.5. The third kappa shape index (κ3) is 5.04. The Labute approximate surface area is 201 Å². The number of aromatic amines is 1. The number of hydrogen-bond donors (Lipinski definition) is 3. The van der Waals surface area contributed by atoms with Gasteiger partial charge in [0.05, 0.1) is 0 Å². The van der Waals surface area contributed by atoms with Gasteiger partial charge < -0.3 is 10.7 Å². The molecule has 3 unspecified atom stereocenters. The molecule has 0 saturated carbocycles. The number of hydrogen-bond acceptors (Lipinski definition) is 5. The first-order chi connectivity index (χ1) is 16.4. The van der Waals surface area contributed by atoms with Crippen molar-refractivity contribution in [1.82, 2.24) is 19.9 Å². The number of unbranched alkanes of at least 4 members (excludes halogenated alkanes) is 1. The summed E-state index contributed by atoms with van der Waals surface area (Å²) >= 11 is 0. The number of aromatic nitrogens is 3. The highest BCUT2D eigenvalue weighted by atomic mass is 16.1. The van der Waals surface area contributed by atoms with Crippen molar-refractivity contribution < 1.29 is 0 Å². The van der Waals surface area contributed by atoms with Crippen molar-refractivity contribution in [2.24, 2.45) is 5.73 Å². The first-order valence-corrected chi connectivity index (χ1v) is 12.5. The van der Waals surface area contributed by atoms with E-state index in [2.05, 4.69) is 52.8 Å². The zero-order valence-corrected chi connectivity index (χ0v) is 20.5. The minimum atomic E-state index is -0.180. The molecule has 1 aromatic carbocycles. The molecule has 3 atom stereocenters. The largest absolute Gasteiger partial charge is 0.381 e. The molecule has 3 aromatic rings. The second kappa shape index (κ2) is 10.5. The molecule has 0 spiro atoms. The molecule has 7 nitrogen and oxygen atoms in total. The summed E-state index contributed by atoms with van der Waals surface area (Å²) in [6.07, 6.45) is 9.12. The van der Waals surface area contributed by atoms with E-state index in [0.717, 1.165) is 23.7 Å². The molecule has 34 heavy (non-hydrogen) atoms. The Bertz CT molecular complexity index is 1210. The Balaban J connectivity index is 1.78. The number of nitrogens with two attached hydrogens (primary N) is 1. The second-order valence-electron chi connectivity index (χ2n) is 9.63. The van der Waals surface area contributed by atoms with Crippen molar-refractivity contribution in [1.29, 1.82) is 5.41 Å². The summed E-state index contributed by atoms with van der Waals surface area (Å²) in [7, 11) is 0. The van der Waals surface area contributed by atoms with Crippen LogP contribution >= 0.6 is 0 Å². The molecule has 1 fully saturated rings. The van der Waals surface area contributed by atoms with Gasteiger partial charge in [-0.25, -0.2) is 9.97 Å². The minimum Gasteiger partial charge on any atom is -0.381 e. The average Bonchev–Trinajstić information content (AvgIpc) is 2.81. The van der Waals surface area contributed by atoms with Gasteiger partial charge in [-0.15, -0.1) is 0 Å². The molecule has 7 heteroatoms. The van der Waals surface area contributed by atoms with E-state index in [0.29, 0.717) is 35.8 Å². The number of nitrogens with zero attached hydrogens (tertiary/aromatic N) is 3. The fourth-order valence-corrected chi connectivity index (χ4v) is 5.46. The van der Waals surface area contributed by atoms with Crippen LogP contribution in [0.5, 0.6) is 0 Å². The fourth-order valence-electron chi connectivity index (χ4n) is 5.46. The summed E-state index contributed by atoms with van der Waals surface area (Å²) < 4.78 is 0. The Morgan fingerprint density at radius 2 is 2.03 bits per heavy atom. The predicted octanol–water partition coefficient (Wildman–Crippen LogP) is 4.69. The number of fused-ring (bicyclic) bond motifs is 1. The molecule has 0 amide bonds. The topological polar surface area (TPSA) is 112 Å². The third-order valence-corrected chi connectivity index (χ3v) is 7.14. The second-order valence-corrected chi connectivity index (χ2v) is 9.63. The van der Waals surface area contributed by atoms with E-state index in [4.69, 9.17) is 11.1 Å². The van der Waals surface area contributed by atoms with E-state index in [1.54, 1.807) is 12.3 Å². The van der Waals surface area contributed by atoms with Crippen LogP contribution in [0, 0.1) is 5.41 Å². The number of likely N-dealkylation sites (tertiary alicyclic amines) is 1. The number of amidine groups is 1. The zero-order chi connectivity index (χ0) is 24.2. The van der Waals surface area contributed by atoms with Crippen molar-refractivity contribution in [2.75, 3.05) is 0 Å².